The molecule has 0 aliphatic rings. The topological polar surface area (TPSA) is 86.5 Å². The van der Waals surface area contributed by atoms with Gasteiger partial charge in [0.05, 0.1) is 5.75 Å². The number of nitrogen functional groups attached to an aromatic ring is 1. The third kappa shape index (κ3) is 5.74. The van der Waals surface area contributed by atoms with Gasteiger partial charge in [-0.15, -0.1) is 0 Å². The van der Waals surface area contributed by atoms with Crippen LogP contribution >= 0.6 is 0 Å². The summed E-state index contributed by atoms with van der Waals surface area (Å²) in [6.45, 7) is 5.06. The van der Waals surface area contributed by atoms with Gasteiger partial charge in [-0.05, 0) is 32.4 Å². The van der Waals surface area contributed by atoms with Gasteiger partial charge in [0.25, 0.3) is 0 Å². The summed E-state index contributed by atoms with van der Waals surface area (Å²) < 4.78 is 28.8. The van der Waals surface area contributed by atoms with E-state index < -0.39 is 27.2 Å². The molecule has 0 atom stereocenters. The number of nitrogens with two attached hydrogens (primary N) is 1. The molecule has 5 nitrogen and oxygen atoms in total. The Morgan fingerprint density at radius 1 is 1.26 bits per heavy atom. The van der Waals surface area contributed by atoms with Crippen molar-refractivity contribution >= 4 is 21.5 Å². The van der Waals surface area contributed by atoms with Crippen LogP contribution in [0, 0.1) is 0 Å². The lowest BCUT2D eigenvalue weighted by Crippen LogP contribution is -2.29. The maximum absolute atomic E-state index is 11.9. The largest absolute Gasteiger partial charge is 0.459 e. The van der Waals surface area contributed by atoms with Gasteiger partial charge in [0, 0.05) is 5.69 Å². The first kappa shape index (κ1) is 15.5. The van der Waals surface area contributed by atoms with E-state index in [4.69, 9.17) is 10.5 Å². The van der Waals surface area contributed by atoms with Crippen LogP contribution in [0.15, 0.2) is 24.3 Å². The Bertz CT molecular complexity index is 558. The lowest BCUT2D eigenvalue weighted by atomic mass is 10.2. The second kappa shape index (κ2) is 5.61. The third-order valence-corrected chi connectivity index (χ3v) is 3.61. The molecule has 0 radical (unpaired) electrons. The monoisotopic (exact) mass is 285 g/mol. The normalized spacial score (nSPS) is 12.2. The van der Waals surface area contributed by atoms with Gasteiger partial charge < -0.3 is 10.5 Å². The number of anilines is 1. The average Bonchev–Trinajstić information content (AvgIpc) is 2.17. The molecule has 0 aliphatic heterocycles. The first-order chi connectivity index (χ1) is 8.59. The van der Waals surface area contributed by atoms with Crippen LogP contribution in [0.3, 0.4) is 0 Å². The van der Waals surface area contributed by atoms with Gasteiger partial charge in [0.15, 0.2) is 9.84 Å². The Morgan fingerprint density at radius 3 is 2.37 bits per heavy atom. The zero-order valence-corrected chi connectivity index (χ0v) is 12.2. The summed E-state index contributed by atoms with van der Waals surface area (Å²) in [7, 11) is -3.58. The van der Waals surface area contributed by atoms with Crippen molar-refractivity contribution in [2.75, 3.05) is 11.5 Å². The fraction of sp³-hybridized carbons (Fsp3) is 0.462. The first-order valence-corrected chi connectivity index (χ1v) is 7.67. The zero-order valence-electron chi connectivity index (χ0n) is 11.3. The summed E-state index contributed by atoms with van der Waals surface area (Å²) in [6, 6.07) is 6.67. The van der Waals surface area contributed by atoms with Crippen LogP contribution < -0.4 is 5.73 Å². The average molecular weight is 285 g/mol. The van der Waals surface area contributed by atoms with Gasteiger partial charge in [-0.1, -0.05) is 18.2 Å². The summed E-state index contributed by atoms with van der Waals surface area (Å²) in [5, 5.41) is 0. The van der Waals surface area contributed by atoms with Gasteiger partial charge in [0.1, 0.15) is 11.4 Å². The summed E-state index contributed by atoms with van der Waals surface area (Å²) >= 11 is 0. The van der Waals surface area contributed by atoms with Crippen molar-refractivity contribution in [1.82, 2.24) is 0 Å². The molecule has 0 fully saturated rings. The van der Waals surface area contributed by atoms with Crippen molar-refractivity contribution in [2.24, 2.45) is 0 Å². The molecule has 19 heavy (non-hydrogen) atoms. The number of ether oxygens (including phenoxy) is 1. The Hall–Kier alpha value is -1.56. The predicted octanol–water partition coefficient (Wildman–Crippen LogP) is 1.53. The third-order valence-electron chi connectivity index (χ3n) is 2.19. The molecule has 1 aromatic carbocycles. The molecule has 1 aromatic rings. The van der Waals surface area contributed by atoms with E-state index >= 15 is 0 Å². The van der Waals surface area contributed by atoms with Gasteiger partial charge in [0.2, 0.25) is 0 Å². The van der Waals surface area contributed by atoms with Crippen LogP contribution in [0.5, 0.6) is 0 Å². The fourth-order valence-corrected chi connectivity index (χ4v) is 2.76. The van der Waals surface area contributed by atoms with Crippen molar-refractivity contribution in [3.63, 3.8) is 0 Å². The number of esters is 1. The highest BCUT2D eigenvalue weighted by Gasteiger charge is 2.23. The van der Waals surface area contributed by atoms with E-state index in [0.717, 1.165) is 0 Å². The molecule has 0 amide bonds. The van der Waals surface area contributed by atoms with Crippen molar-refractivity contribution in [2.45, 2.75) is 32.1 Å². The van der Waals surface area contributed by atoms with Gasteiger partial charge in [-0.2, -0.15) is 0 Å². The maximum atomic E-state index is 11.9. The molecule has 106 valence electrons. The highest BCUT2D eigenvalue weighted by molar-refractivity contribution is 7.91. The first-order valence-electron chi connectivity index (χ1n) is 5.85. The fourth-order valence-electron chi connectivity index (χ4n) is 1.50. The Labute approximate surface area is 113 Å². The van der Waals surface area contributed by atoms with E-state index in [1.54, 1.807) is 45.0 Å². The Balaban J connectivity index is 2.73. The minimum Gasteiger partial charge on any atom is -0.459 e. The van der Waals surface area contributed by atoms with E-state index in [1.807, 2.05) is 0 Å². The van der Waals surface area contributed by atoms with Crippen LogP contribution in [0.25, 0.3) is 0 Å². The smallest absolute Gasteiger partial charge is 0.321 e. The quantitative estimate of drug-likeness (QED) is 0.669. The zero-order chi connectivity index (χ0) is 14.7. The molecule has 1 rings (SSSR count). The van der Waals surface area contributed by atoms with Crippen LogP contribution in [0.1, 0.15) is 26.3 Å². The number of hydrogen-bond acceptors (Lipinski definition) is 5. The molecule has 0 bridgehead atoms. The molecule has 0 aromatic heterocycles. The molecule has 2 N–H and O–H groups in total. The van der Waals surface area contributed by atoms with E-state index in [0.29, 0.717) is 11.3 Å². The SMILES string of the molecule is CC(C)(C)OC(=O)CS(=O)(=O)Cc1ccccc1N. The molecule has 0 unspecified atom stereocenters. The number of rotatable bonds is 4. The van der Waals surface area contributed by atoms with E-state index in [2.05, 4.69) is 0 Å². The highest BCUT2D eigenvalue weighted by Crippen LogP contribution is 2.15. The summed E-state index contributed by atoms with van der Waals surface area (Å²) in [5.41, 5.74) is 5.87. The maximum Gasteiger partial charge on any atom is 0.321 e. The van der Waals surface area contributed by atoms with Crippen molar-refractivity contribution in [3.8, 4) is 0 Å². The van der Waals surface area contributed by atoms with Crippen LogP contribution in [0.2, 0.25) is 0 Å². The number of hydrogen-bond donors (Lipinski definition) is 1. The number of carbonyl (C=O) groups is 1. The molecule has 0 spiro atoms. The molecule has 0 saturated carbocycles. The van der Waals surface area contributed by atoms with Gasteiger partial charge in [-0.25, -0.2) is 8.42 Å². The summed E-state index contributed by atoms with van der Waals surface area (Å²) in [4.78, 5) is 11.5. The second-order valence-corrected chi connectivity index (χ2v) is 7.38. The van der Waals surface area contributed by atoms with Crippen LogP contribution in [-0.2, 0) is 25.1 Å². The minimum atomic E-state index is -3.58. The van der Waals surface area contributed by atoms with Crippen LogP contribution in [-0.4, -0.2) is 25.7 Å². The predicted molar refractivity (Wildman–Crippen MR) is 74.2 cm³/mol. The molecule has 6 heteroatoms. The van der Waals surface area contributed by atoms with Crippen molar-refractivity contribution in [3.05, 3.63) is 29.8 Å². The van der Waals surface area contributed by atoms with Gasteiger partial charge >= 0.3 is 5.97 Å². The number of para-hydroxylation sites is 1. The standard InChI is InChI=1S/C13H19NO4S/c1-13(2,3)18-12(15)9-19(16,17)8-10-6-4-5-7-11(10)14/h4-7H,8-9,14H2,1-3H3. The van der Waals surface area contributed by atoms with Crippen LogP contribution in [0.4, 0.5) is 5.69 Å². The Morgan fingerprint density at radius 2 is 1.84 bits per heavy atom. The molecule has 0 heterocycles. The molecular weight excluding hydrogens is 266 g/mol. The number of sulfone groups is 1. The molecular formula is C13H19NO4S. The number of benzene rings is 1. The highest BCUT2D eigenvalue weighted by atomic mass is 32.2. The van der Waals surface area contributed by atoms with Crippen molar-refractivity contribution in [1.29, 1.82) is 0 Å². The minimum absolute atomic E-state index is 0.265. The Kier molecular flexibility index (Phi) is 4.57. The molecule has 0 saturated heterocycles. The van der Waals surface area contributed by atoms with Gasteiger partial charge in [-0.3, -0.25) is 4.79 Å². The lowest BCUT2D eigenvalue weighted by Gasteiger charge is -2.19. The van der Waals surface area contributed by atoms with E-state index in [9.17, 15) is 13.2 Å². The van der Waals surface area contributed by atoms with Crippen molar-refractivity contribution < 1.29 is 17.9 Å². The van der Waals surface area contributed by atoms with E-state index in [-0.39, 0.29) is 5.75 Å². The summed E-state index contributed by atoms with van der Waals surface area (Å²) in [5.74, 6) is -1.65. The van der Waals surface area contributed by atoms with E-state index in [1.165, 1.54) is 0 Å². The lowest BCUT2D eigenvalue weighted by molar-refractivity contribution is -0.151. The second-order valence-electron chi connectivity index (χ2n) is 5.32. The molecule has 0 aliphatic carbocycles. The number of carbonyl (C=O) groups excluding carboxylic acids is 1. The summed E-state index contributed by atoms with van der Waals surface area (Å²) in [6.07, 6.45) is 0.